The molecule has 1 aromatic carbocycles. The third-order valence-electron chi connectivity index (χ3n) is 3.28. The highest BCUT2D eigenvalue weighted by Gasteiger charge is 2.30. The van der Waals surface area contributed by atoms with Crippen LogP contribution in [0.25, 0.3) is 0 Å². The number of aromatic nitrogens is 2. The Hall–Kier alpha value is -2.19. The summed E-state index contributed by atoms with van der Waals surface area (Å²) >= 11 is 0. The minimum Gasteiger partial charge on any atom is -0.325 e. The zero-order chi connectivity index (χ0) is 15.0. The zero-order valence-electron chi connectivity index (χ0n) is 11.4. The second-order valence-corrected chi connectivity index (χ2v) is 6.77. The Morgan fingerprint density at radius 3 is 2.71 bits per heavy atom. The number of amides is 1. The fraction of sp³-hybridized carbons (Fsp3) is 0.231. The molecule has 0 radical (unpaired) electrons. The van der Waals surface area contributed by atoms with E-state index in [2.05, 4.69) is 10.4 Å². The van der Waals surface area contributed by atoms with Gasteiger partial charge in [-0.15, -0.1) is 0 Å². The van der Waals surface area contributed by atoms with Crippen LogP contribution in [0.5, 0.6) is 0 Å². The Morgan fingerprint density at radius 1 is 1.24 bits per heavy atom. The molecule has 0 saturated heterocycles. The van der Waals surface area contributed by atoms with E-state index in [1.807, 2.05) is 6.07 Å². The number of hydrogen-bond acceptors (Lipinski definition) is 4. The molecule has 110 valence electrons. The van der Waals surface area contributed by atoms with E-state index >= 15 is 0 Å². The lowest BCUT2D eigenvalue weighted by atomic mass is 10.2. The predicted molar refractivity (Wildman–Crippen MR) is 75.9 cm³/mol. The fourth-order valence-corrected chi connectivity index (χ4v) is 3.59. The molecule has 8 heteroatoms. The Morgan fingerprint density at radius 2 is 2.00 bits per heavy atom. The van der Waals surface area contributed by atoms with Crippen LogP contribution in [0.15, 0.2) is 41.6 Å². The average molecular weight is 306 g/mol. The van der Waals surface area contributed by atoms with E-state index < -0.39 is 10.0 Å². The second-order valence-electron chi connectivity index (χ2n) is 4.83. The van der Waals surface area contributed by atoms with Gasteiger partial charge in [-0.3, -0.25) is 9.48 Å². The van der Waals surface area contributed by atoms with E-state index in [-0.39, 0.29) is 23.9 Å². The number of rotatable bonds is 2. The van der Waals surface area contributed by atoms with Gasteiger partial charge in [0.05, 0.1) is 12.7 Å². The highest BCUT2D eigenvalue weighted by molar-refractivity contribution is 7.89. The summed E-state index contributed by atoms with van der Waals surface area (Å²) in [5, 5.41) is 6.59. The molecule has 0 bridgehead atoms. The van der Waals surface area contributed by atoms with Crippen LogP contribution < -0.4 is 5.32 Å². The predicted octanol–water partition coefficient (Wildman–Crippen LogP) is 0.563. The maximum absolute atomic E-state index is 12.6. The molecule has 1 aliphatic rings. The van der Waals surface area contributed by atoms with Crippen molar-refractivity contribution >= 4 is 21.6 Å². The smallest absolute Gasteiger partial charge is 0.246 e. The van der Waals surface area contributed by atoms with E-state index in [0.717, 1.165) is 9.87 Å². The molecule has 0 fully saturated rings. The van der Waals surface area contributed by atoms with E-state index in [4.69, 9.17) is 0 Å². The number of carbonyl (C=O) groups is 1. The number of nitrogens with one attached hydrogen (secondary N) is 1. The van der Waals surface area contributed by atoms with Crippen LogP contribution in [-0.4, -0.2) is 35.0 Å². The molecule has 0 spiro atoms. The number of fused-ring (bicyclic) bond motifs is 1. The molecule has 1 N–H and O–H groups in total. The normalized spacial score (nSPS) is 16.1. The zero-order valence-corrected chi connectivity index (χ0v) is 12.2. The van der Waals surface area contributed by atoms with Gasteiger partial charge >= 0.3 is 0 Å². The van der Waals surface area contributed by atoms with Crippen molar-refractivity contribution in [3.8, 4) is 0 Å². The summed E-state index contributed by atoms with van der Waals surface area (Å²) in [6.45, 7) is -0.0714. The first-order valence-corrected chi connectivity index (χ1v) is 7.77. The number of benzene rings is 1. The van der Waals surface area contributed by atoms with Crippen LogP contribution in [0.3, 0.4) is 0 Å². The summed E-state index contributed by atoms with van der Waals surface area (Å²) in [6.07, 6.45) is 2.70. The monoisotopic (exact) mass is 306 g/mol. The van der Waals surface area contributed by atoms with Gasteiger partial charge in [0.25, 0.3) is 0 Å². The molecular formula is C13H14N4O3S. The summed E-state index contributed by atoms with van der Waals surface area (Å²) in [6, 6.07) is 7.16. The highest BCUT2D eigenvalue weighted by atomic mass is 32.2. The fourth-order valence-electron chi connectivity index (χ4n) is 2.23. The summed E-state index contributed by atoms with van der Waals surface area (Å²) in [5.74, 6) is -0.354. The average Bonchev–Trinajstić information content (AvgIpc) is 2.79. The molecule has 2 heterocycles. The molecule has 2 aromatic rings. The van der Waals surface area contributed by atoms with Crippen LogP contribution in [0.2, 0.25) is 0 Å². The molecular weight excluding hydrogens is 292 g/mol. The number of sulfonamides is 1. The van der Waals surface area contributed by atoms with Gasteiger partial charge in [0.1, 0.15) is 4.90 Å². The van der Waals surface area contributed by atoms with Crippen LogP contribution >= 0.6 is 0 Å². The molecule has 1 aliphatic heterocycles. The molecule has 1 amide bonds. The van der Waals surface area contributed by atoms with Gasteiger partial charge < -0.3 is 5.32 Å². The first-order valence-electron chi connectivity index (χ1n) is 6.33. The van der Waals surface area contributed by atoms with E-state index in [1.165, 1.54) is 17.1 Å². The minimum absolute atomic E-state index is 0.0807. The molecule has 21 heavy (non-hydrogen) atoms. The maximum atomic E-state index is 12.6. The van der Waals surface area contributed by atoms with Gasteiger partial charge in [0.2, 0.25) is 15.9 Å². The summed E-state index contributed by atoms with van der Waals surface area (Å²) in [4.78, 5) is 12.0. The molecule has 0 atom stereocenters. The lowest BCUT2D eigenvalue weighted by molar-refractivity contribution is -0.116. The van der Waals surface area contributed by atoms with E-state index in [0.29, 0.717) is 5.69 Å². The van der Waals surface area contributed by atoms with Gasteiger partial charge in [-0.2, -0.15) is 9.40 Å². The maximum Gasteiger partial charge on any atom is 0.246 e. The van der Waals surface area contributed by atoms with Crippen LogP contribution in [0.4, 0.5) is 5.69 Å². The Balaban J connectivity index is 2.01. The van der Waals surface area contributed by atoms with Gasteiger partial charge in [-0.1, -0.05) is 18.2 Å². The lowest BCUT2D eigenvalue weighted by Gasteiger charge is -2.18. The van der Waals surface area contributed by atoms with Crippen molar-refractivity contribution < 1.29 is 13.2 Å². The first-order chi connectivity index (χ1) is 9.96. The summed E-state index contributed by atoms with van der Waals surface area (Å²) in [7, 11) is -2.11. The number of aryl methyl sites for hydroxylation is 1. The Kier molecular flexibility index (Phi) is 3.26. The lowest BCUT2D eigenvalue weighted by Crippen LogP contribution is -2.35. The van der Waals surface area contributed by atoms with Gasteiger partial charge in [0.15, 0.2) is 0 Å². The van der Waals surface area contributed by atoms with Crippen molar-refractivity contribution in [1.29, 1.82) is 0 Å². The molecule has 0 saturated carbocycles. The topological polar surface area (TPSA) is 84.3 Å². The van der Waals surface area contributed by atoms with Crippen LogP contribution in [0.1, 0.15) is 5.56 Å². The number of hydrogen-bond donors (Lipinski definition) is 1. The van der Waals surface area contributed by atoms with Crippen LogP contribution in [0, 0.1) is 0 Å². The van der Waals surface area contributed by atoms with Crippen molar-refractivity contribution in [3.05, 3.63) is 42.2 Å². The SMILES string of the molecule is Cn1cc(S(=O)(=O)N2CC(=O)Nc3ccccc3C2)cn1. The molecule has 7 nitrogen and oxygen atoms in total. The van der Waals surface area contributed by atoms with E-state index in [9.17, 15) is 13.2 Å². The number of nitrogens with zero attached hydrogens (tertiary/aromatic N) is 3. The third kappa shape index (κ3) is 2.55. The Bertz CT molecular complexity index is 797. The highest BCUT2D eigenvalue weighted by Crippen LogP contribution is 2.24. The van der Waals surface area contributed by atoms with Gasteiger partial charge in [-0.25, -0.2) is 8.42 Å². The largest absolute Gasteiger partial charge is 0.325 e. The number of carbonyl (C=O) groups excluding carboxylic acids is 1. The molecule has 1 aromatic heterocycles. The summed E-state index contributed by atoms with van der Waals surface area (Å²) in [5.41, 5.74) is 1.40. The quantitative estimate of drug-likeness (QED) is 0.879. The van der Waals surface area contributed by atoms with Crippen molar-refractivity contribution in [2.75, 3.05) is 11.9 Å². The van der Waals surface area contributed by atoms with Crippen molar-refractivity contribution in [2.24, 2.45) is 7.05 Å². The van der Waals surface area contributed by atoms with E-state index in [1.54, 1.807) is 25.2 Å². The van der Waals surface area contributed by atoms with Crippen molar-refractivity contribution in [3.63, 3.8) is 0 Å². The van der Waals surface area contributed by atoms with Crippen molar-refractivity contribution in [1.82, 2.24) is 14.1 Å². The number of para-hydroxylation sites is 1. The minimum atomic E-state index is -3.75. The summed E-state index contributed by atoms with van der Waals surface area (Å²) < 4.78 is 27.8. The van der Waals surface area contributed by atoms with Crippen LogP contribution in [-0.2, 0) is 28.4 Å². The van der Waals surface area contributed by atoms with Gasteiger partial charge in [0, 0.05) is 25.5 Å². The first kappa shape index (κ1) is 13.8. The second kappa shape index (κ2) is 4.97. The third-order valence-corrected chi connectivity index (χ3v) is 5.02. The number of anilines is 1. The van der Waals surface area contributed by atoms with Gasteiger partial charge in [-0.05, 0) is 11.6 Å². The molecule has 3 rings (SSSR count). The van der Waals surface area contributed by atoms with Crippen molar-refractivity contribution in [2.45, 2.75) is 11.4 Å². The molecule has 0 aliphatic carbocycles. The molecule has 0 unspecified atom stereocenters. The Labute approximate surface area is 122 Å². The standard InChI is InChI=1S/C13H14N4O3S/c1-16-8-11(6-14-16)21(19,20)17-7-10-4-2-3-5-12(10)15-13(18)9-17/h2-6,8H,7,9H2,1H3,(H,15,18).